The molecule has 0 fully saturated rings. The summed E-state index contributed by atoms with van der Waals surface area (Å²) in [5.74, 6) is -2.60. The van der Waals surface area contributed by atoms with Crippen molar-refractivity contribution in [1.29, 1.82) is 5.26 Å². The van der Waals surface area contributed by atoms with Crippen molar-refractivity contribution in [3.05, 3.63) is 130 Å². The Morgan fingerprint density at radius 1 is 0.922 bits per heavy atom. The summed E-state index contributed by atoms with van der Waals surface area (Å²) in [5, 5.41) is 25.6. The van der Waals surface area contributed by atoms with Crippen LogP contribution in [0.15, 0.2) is 90.4 Å². The number of carbonyl (C=O) groups is 2. The summed E-state index contributed by atoms with van der Waals surface area (Å²) in [6.45, 7) is -0.470. The van der Waals surface area contributed by atoms with E-state index in [1.165, 1.54) is 49.9 Å². The molecule has 1 N–H and O–H groups in total. The van der Waals surface area contributed by atoms with Crippen molar-refractivity contribution in [2.24, 2.45) is 14.1 Å². The molecule has 0 saturated heterocycles. The number of carbonyl (C=O) groups excluding carboxylic acids is 2. The molecule has 1 unspecified atom stereocenters. The van der Waals surface area contributed by atoms with Gasteiger partial charge in [0.05, 0.1) is 41.2 Å². The van der Waals surface area contributed by atoms with Gasteiger partial charge in [-0.25, -0.2) is 14.1 Å². The van der Waals surface area contributed by atoms with Gasteiger partial charge in [-0.05, 0) is 78.4 Å². The van der Waals surface area contributed by atoms with Crippen LogP contribution in [0.25, 0.3) is 44.5 Å². The number of nitriles is 1. The second-order valence-corrected chi connectivity index (χ2v) is 16.1. The van der Waals surface area contributed by atoms with Crippen molar-refractivity contribution >= 4 is 22.8 Å². The van der Waals surface area contributed by atoms with Gasteiger partial charge in [0.2, 0.25) is 11.5 Å². The number of hydrogen-bond acceptors (Lipinski definition) is 8. The highest BCUT2D eigenvalue weighted by Crippen LogP contribution is 2.37. The number of nitrogens with one attached hydrogen (secondary N) is 1. The van der Waals surface area contributed by atoms with Crippen molar-refractivity contribution in [1.82, 2.24) is 49.1 Å². The van der Waals surface area contributed by atoms with Gasteiger partial charge in [0.25, 0.3) is 5.91 Å². The number of alkyl halides is 5. The minimum absolute atomic E-state index is 0.00671. The lowest BCUT2D eigenvalue weighted by molar-refractivity contribution is -0.141. The molecule has 7 aromatic rings. The SMILES string of the molecule is Cn1cc2cc(-c3ccc(-c4ccc(F)c5c4CCN(C(Cc4cnn(C(F)F)c4)C(=O)NC(C)(C)Cn4nc(C(F)(F)F)cc4-c4ccc(=O)n(C)c4)C5=O)c(C#N)c3)cnc2n1. The first-order valence-corrected chi connectivity index (χ1v) is 19.7. The molecule has 1 aliphatic heterocycles. The monoisotopic (exact) mass is 881 g/mol. The predicted octanol–water partition coefficient (Wildman–Crippen LogP) is 6.69. The van der Waals surface area contributed by atoms with Crippen molar-refractivity contribution in [3.63, 3.8) is 0 Å². The van der Waals surface area contributed by atoms with Gasteiger partial charge in [-0.3, -0.25) is 23.7 Å². The molecule has 328 valence electrons. The minimum Gasteiger partial charge on any atom is -0.348 e. The van der Waals surface area contributed by atoms with Crippen LogP contribution in [0, 0.1) is 17.1 Å². The average molecular weight is 882 g/mol. The van der Waals surface area contributed by atoms with Gasteiger partial charge in [0.15, 0.2) is 11.3 Å². The number of nitrogens with zero attached hydrogens (tertiary/aromatic N) is 10. The van der Waals surface area contributed by atoms with Gasteiger partial charge in [-0.15, -0.1) is 0 Å². The number of amides is 2. The Morgan fingerprint density at radius 3 is 2.38 bits per heavy atom. The first kappa shape index (κ1) is 43.1. The standard InChI is InChI=1S/C44H37F6N11O3/c1-43(2,23-61-34(16-36(55-61)44(48,49)50)26-6-10-37(62)57(3)21-26)54-40(63)35(13-24-18-53-60(20-24)42(46)47)59-12-11-32-31(8-9-33(45)38(32)41(59)64)30-7-5-25(14-27(30)17-51)28-15-29-22-58(4)56-39(29)52-19-28/h5-10,14-16,18-22,35,42H,11-13,23H2,1-4H3,(H,54,63). The Kier molecular flexibility index (Phi) is 11.0. The van der Waals surface area contributed by atoms with Gasteiger partial charge in [-0.1, -0.05) is 18.2 Å². The van der Waals surface area contributed by atoms with E-state index in [1.54, 1.807) is 36.1 Å². The third-order valence-electron chi connectivity index (χ3n) is 11.0. The Labute approximate surface area is 360 Å². The van der Waals surface area contributed by atoms with E-state index in [1.807, 2.05) is 12.3 Å². The summed E-state index contributed by atoms with van der Waals surface area (Å²) >= 11 is 0. The van der Waals surface area contributed by atoms with Crippen LogP contribution in [0.5, 0.6) is 0 Å². The molecular weight excluding hydrogens is 845 g/mol. The van der Waals surface area contributed by atoms with Crippen molar-refractivity contribution in [2.75, 3.05) is 6.54 Å². The van der Waals surface area contributed by atoms with Crippen molar-refractivity contribution in [2.45, 2.75) is 57.5 Å². The van der Waals surface area contributed by atoms with Crippen LogP contribution in [-0.2, 0) is 44.5 Å². The van der Waals surface area contributed by atoms with E-state index in [2.05, 4.69) is 31.7 Å². The molecule has 14 nitrogen and oxygen atoms in total. The van der Waals surface area contributed by atoms with E-state index in [9.17, 15) is 41.6 Å². The summed E-state index contributed by atoms with van der Waals surface area (Å²) in [4.78, 5) is 46.6. The number of rotatable bonds is 11. The van der Waals surface area contributed by atoms with Crippen LogP contribution >= 0.6 is 0 Å². The molecule has 2 amide bonds. The average Bonchev–Trinajstić information content (AvgIpc) is 3.99. The zero-order valence-corrected chi connectivity index (χ0v) is 34.5. The Morgan fingerprint density at radius 2 is 1.67 bits per heavy atom. The third-order valence-corrected chi connectivity index (χ3v) is 11.0. The molecule has 5 aromatic heterocycles. The first-order valence-electron chi connectivity index (χ1n) is 19.7. The van der Waals surface area contributed by atoms with Gasteiger partial charge in [-0.2, -0.15) is 42.5 Å². The van der Waals surface area contributed by atoms with Crippen molar-refractivity contribution in [3.8, 4) is 39.6 Å². The number of benzene rings is 2. The van der Waals surface area contributed by atoms with Crippen LogP contribution in [0.3, 0.4) is 0 Å². The molecule has 0 spiro atoms. The van der Waals surface area contributed by atoms with E-state index < -0.39 is 53.2 Å². The Bertz CT molecular complexity index is 3080. The maximum Gasteiger partial charge on any atom is 0.435 e. The number of aryl methyl sites for hydroxylation is 2. The Hall–Kier alpha value is -7.56. The van der Waals surface area contributed by atoms with Gasteiger partial charge >= 0.3 is 12.7 Å². The van der Waals surface area contributed by atoms with E-state index in [0.29, 0.717) is 32.6 Å². The third kappa shape index (κ3) is 8.35. The molecule has 1 aliphatic rings. The molecule has 0 saturated carbocycles. The molecular formula is C44H37F6N11O3. The van der Waals surface area contributed by atoms with E-state index in [-0.39, 0.29) is 53.9 Å². The quantitative estimate of drug-likeness (QED) is 0.141. The first-order chi connectivity index (χ1) is 30.3. The van der Waals surface area contributed by atoms with Gasteiger partial charge < -0.3 is 14.8 Å². The van der Waals surface area contributed by atoms with E-state index >= 15 is 4.39 Å². The maximum atomic E-state index is 16.0. The predicted molar refractivity (Wildman–Crippen MR) is 220 cm³/mol. The second-order valence-electron chi connectivity index (χ2n) is 16.1. The molecule has 64 heavy (non-hydrogen) atoms. The lowest BCUT2D eigenvalue weighted by Gasteiger charge is -2.37. The molecule has 2 aromatic carbocycles. The number of pyridine rings is 2. The summed E-state index contributed by atoms with van der Waals surface area (Å²) in [5.41, 5.74) is 0.351. The minimum atomic E-state index is -4.84. The lowest BCUT2D eigenvalue weighted by atomic mass is 9.86. The normalized spacial score (nSPS) is 13.7. The number of hydrogen-bond donors (Lipinski definition) is 1. The highest BCUT2D eigenvalue weighted by molar-refractivity contribution is 6.02. The number of fused-ring (bicyclic) bond motifs is 2. The Balaban J connectivity index is 1.12. The molecule has 1 atom stereocenters. The summed E-state index contributed by atoms with van der Waals surface area (Å²) in [7, 11) is 3.21. The lowest BCUT2D eigenvalue weighted by Crippen LogP contribution is -2.58. The molecule has 0 bridgehead atoms. The summed E-state index contributed by atoms with van der Waals surface area (Å²) < 4.78 is 89.3. The summed E-state index contributed by atoms with van der Waals surface area (Å²) in [6, 6.07) is 13.7. The zero-order chi connectivity index (χ0) is 45.8. The van der Waals surface area contributed by atoms with Crippen LogP contribution in [0.2, 0.25) is 0 Å². The van der Waals surface area contributed by atoms with Crippen LogP contribution in [0.1, 0.15) is 53.1 Å². The molecule has 20 heteroatoms. The highest BCUT2D eigenvalue weighted by atomic mass is 19.4. The molecule has 6 heterocycles. The summed E-state index contributed by atoms with van der Waals surface area (Å²) in [6.07, 6.45) is 1.75. The fourth-order valence-electron chi connectivity index (χ4n) is 8.02. The highest BCUT2D eigenvalue weighted by Gasteiger charge is 2.40. The van der Waals surface area contributed by atoms with Crippen LogP contribution < -0.4 is 10.9 Å². The maximum absolute atomic E-state index is 16.0. The fourth-order valence-corrected chi connectivity index (χ4v) is 8.02. The smallest absolute Gasteiger partial charge is 0.348 e. The topological polar surface area (TPSA) is 162 Å². The largest absolute Gasteiger partial charge is 0.435 e. The van der Waals surface area contributed by atoms with E-state index in [4.69, 9.17) is 0 Å². The van der Waals surface area contributed by atoms with Gasteiger partial charge in [0.1, 0.15) is 11.9 Å². The van der Waals surface area contributed by atoms with Crippen LogP contribution in [0.4, 0.5) is 26.3 Å². The fraction of sp³-hybridized carbons (Fsp3) is 0.273. The molecule has 0 aliphatic carbocycles. The van der Waals surface area contributed by atoms with Crippen molar-refractivity contribution < 1.29 is 35.9 Å². The zero-order valence-electron chi connectivity index (χ0n) is 34.5. The molecule has 8 rings (SSSR count). The second kappa shape index (κ2) is 16.3. The van der Waals surface area contributed by atoms with Crippen LogP contribution in [-0.4, -0.2) is 73.7 Å². The number of aromatic nitrogens is 8. The van der Waals surface area contributed by atoms with E-state index in [0.717, 1.165) is 45.1 Å². The number of halogens is 6. The molecule has 0 radical (unpaired) electrons. The van der Waals surface area contributed by atoms with Gasteiger partial charge in [0, 0.05) is 74.4 Å².